The monoisotopic (exact) mass is 298 g/mol. The Bertz CT molecular complexity index is 359. The zero-order valence-corrected chi connectivity index (χ0v) is 11.8. The molecule has 1 unspecified atom stereocenters. The van der Waals surface area contributed by atoms with E-state index in [0.717, 1.165) is 30.3 Å². The third-order valence-corrected chi connectivity index (χ3v) is 3.46. The molecule has 1 saturated heterocycles. The van der Waals surface area contributed by atoms with Gasteiger partial charge in [0.15, 0.2) is 6.29 Å². The largest absolute Gasteiger partial charge is 0.353 e. The maximum Gasteiger partial charge on any atom is 0.158 e. The van der Waals surface area contributed by atoms with Crippen molar-refractivity contribution in [2.75, 3.05) is 6.61 Å². The summed E-state index contributed by atoms with van der Waals surface area (Å²) in [5.41, 5.74) is 2.55. The molecule has 0 radical (unpaired) electrons. The Morgan fingerprint density at radius 3 is 2.82 bits per heavy atom. The molecule has 1 aromatic carbocycles. The number of rotatable bonds is 4. The molecule has 1 aromatic rings. The maximum atomic E-state index is 5.78. The lowest BCUT2D eigenvalue weighted by atomic mass is 10.1. The lowest BCUT2D eigenvalue weighted by Gasteiger charge is -2.22. The van der Waals surface area contributed by atoms with Gasteiger partial charge in [-0.25, -0.2) is 0 Å². The van der Waals surface area contributed by atoms with Gasteiger partial charge in [-0.3, -0.25) is 0 Å². The highest BCUT2D eigenvalue weighted by Gasteiger charge is 2.14. The highest BCUT2D eigenvalue weighted by atomic mass is 79.9. The van der Waals surface area contributed by atoms with Gasteiger partial charge in [0, 0.05) is 11.1 Å². The first-order chi connectivity index (χ1) is 8.28. The van der Waals surface area contributed by atoms with Gasteiger partial charge in [0.1, 0.15) is 0 Å². The standard InChI is InChI=1S/C14H19BrO2/c1-2-11-7-12(9-13(15)8-11)10-17-14-5-3-4-6-16-14/h7-9,14H,2-6,10H2,1H3. The van der Waals surface area contributed by atoms with Crippen molar-refractivity contribution >= 4 is 15.9 Å². The highest BCUT2D eigenvalue weighted by Crippen LogP contribution is 2.19. The zero-order chi connectivity index (χ0) is 12.1. The van der Waals surface area contributed by atoms with Gasteiger partial charge in [0.05, 0.1) is 6.61 Å². The van der Waals surface area contributed by atoms with Crippen LogP contribution < -0.4 is 0 Å². The smallest absolute Gasteiger partial charge is 0.158 e. The minimum atomic E-state index is -0.00666. The predicted octanol–water partition coefficient (Wildman–Crippen LogP) is 4.05. The minimum absolute atomic E-state index is 0.00666. The van der Waals surface area contributed by atoms with Gasteiger partial charge >= 0.3 is 0 Å². The molecule has 0 bridgehead atoms. The van der Waals surface area contributed by atoms with Gasteiger partial charge in [-0.2, -0.15) is 0 Å². The van der Waals surface area contributed by atoms with Crippen LogP contribution in [0.15, 0.2) is 22.7 Å². The summed E-state index contributed by atoms with van der Waals surface area (Å²) < 4.78 is 12.5. The molecule has 94 valence electrons. The lowest BCUT2D eigenvalue weighted by molar-refractivity contribution is -0.168. The van der Waals surface area contributed by atoms with E-state index in [-0.39, 0.29) is 6.29 Å². The number of hydrogen-bond acceptors (Lipinski definition) is 2. The third kappa shape index (κ3) is 4.09. The molecular formula is C14H19BrO2. The second-order valence-corrected chi connectivity index (χ2v) is 5.34. The van der Waals surface area contributed by atoms with Crippen LogP contribution in [-0.4, -0.2) is 12.9 Å². The van der Waals surface area contributed by atoms with E-state index in [1.54, 1.807) is 0 Å². The van der Waals surface area contributed by atoms with Crippen molar-refractivity contribution < 1.29 is 9.47 Å². The van der Waals surface area contributed by atoms with E-state index < -0.39 is 0 Å². The molecule has 0 aromatic heterocycles. The van der Waals surface area contributed by atoms with E-state index in [2.05, 4.69) is 41.1 Å². The average molecular weight is 299 g/mol. The summed E-state index contributed by atoms with van der Waals surface area (Å²) in [5, 5.41) is 0. The summed E-state index contributed by atoms with van der Waals surface area (Å²) in [6.45, 7) is 3.64. The van der Waals surface area contributed by atoms with Crippen molar-refractivity contribution in [1.82, 2.24) is 0 Å². The molecule has 2 rings (SSSR count). The van der Waals surface area contributed by atoms with Crippen molar-refractivity contribution in [2.24, 2.45) is 0 Å². The van der Waals surface area contributed by atoms with Crippen molar-refractivity contribution in [3.63, 3.8) is 0 Å². The predicted molar refractivity (Wildman–Crippen MR) is 71.9 cm³/mol. The van der Waals surface area contributed by atoms with Crippen LogP contribution in [0.1, 0.15) is 37.3 Å². The van der Waals surface area contributed by atoms with Crippen LogP contribution in [0, 0.1) is 0 Å². The molecule has 1 fully saturated rings. The van der Waals surface area contributed by atoms with Crippen LogP contribution >= 0.6 is 15.9 Å². The fraction of sp³-hybridized carbons (Fsp3) is 0.571. The summed E-state index contributed by atoms with van der Waals surface area (Å²) >= 11 is 3.53. The minimum Gasteiger partial charge on any atom is -0.353 e. The van der Waals surface area contributed by atoms with Gasteiger partial charge in [-0.1, -0.05) is 28.9 Å². The molecule has 17 heavy (non-hydrogen) atoms. The van der Waals surface area contributed by atoms with Crippen molar-refractivity contribution in [3.05, 3.63) is 33.8 Å². The van der Waals surface area contributed by atoms with E-state index in [1.807, 2.05) is 0 Å². The fourth-order valence-electron chi connectivity index (χ4n) is 2.04. The number of ether oxygens (including phenoxy) is 2. The summed E-state index contributed by atoms with van der Waals surface area (Å²) in [6, 6.07) is 6.47. The quantitative estimate of drug-likeness (QED) is 0.835. The molecule has 1 atom stereocenters. The molecule has 0 spiro atoms. The number of benzene rings is 1. The normalized spacial score (nSPS) is 20.5. The first kappa shape index (κ1) is 13.1. The Hall–Kier alpha value is -0.380. The number of halogens is 1. The molecule has 0 aliphatic carbocycles. The van der Waals surface area contributed by atoms with Crippen LogP contribution in [-0.2, 0) is 22.5 Å². The van der Waals surface area contributed by atoms with Gasteiger partial charge in [0.2, 0.25) is 0 Å². The zero-order valence-electron chi connectivity index (χ0n) is 10.2. The topological polar surface area (TPSA) is 18.5 Å². The van der Waals surface area contributed by atoms with Gasteiger partial charge in [0.25, 0.3) is 0 Å². The molecule has 1 aliphatic heterocycles. The Morgan fingerprint density at radius 1 is 1.29 bits per heavy atom. The van der Waals surface area contributed by atoms with E-state index in [1.165, 1.54) is 17.5 Å². The summed E-state index contributed by atoms with van der Waals surface area (Å²) in [4.78, 5) is 0. The van der Waals surface area contributed by atoms with Crippen LogP contribution in [0.25, 0.3) is 0 Å². The van der Waals surface area contributed by atoms with Crippen molar-refractivity contribution in [3.8, 4) is 0 Å². The van der Waals surface area contributed by atoms with Gasteiger partial charge < -0.3 is 9.47 Å². The maximum absolute atomic E-state index is 5.78. The first-order valence-corrected chi connectivity index (χ1v) is 7.09. The van der Waals surface area contributed by atoms with E-state index >= 15 is 0 Å². The molecule has 0 saturated carbocycles. The molecule has 2 nitrogen and oxygen atoms in total. The lowest BCUT2D eigenvalue weighted by Crippen LogP contribution is -2.22. The summed E-state index contributed by atoms with van der Waals surface area (Å²) in [7, 11) is 0. The Balaban J connectivity index is 1.91. The van der Waals surface area contributed by atoms with Crippen LogP contribution in [0.4, 0.5) is 0 Å². The molecule has 1 heterocycles. The van der Waals surface area contributed by atoms with Crippen LogP contribution in [0.2, 0.25) is 0 Å². The van der Waals surface area contributed by atoms with Crippen LogP contribution in [0.3, 0.4) is 0 Å². The molecular weight excluding hydrogens is 280 g/mol. The summed E-state index contributed by atoms with van der Waals surface area (Å²) in [5.74, 6) is 0. The first-order valence-electron chi connectivity index (χ1n) is 6.29. The number of hydrogen-bond donors (Lipinski definition) is 0. The van der Waals surface area contributed by atoms with Crippen LogP contribution in [0.5, 0.6) is 0 Å². The fourth-order valence-corrected chi connectivity index (χ4v) is 2.62. The second-order valence-electron chi connectivity index (χ2n) is 4.43. The third-order valence-electron chi connectivity index (χ3n) is 3.00. The van der Waals surface area contributed by atoms with Gasteiger partial charge in [-0.15, -0.1) is 0 Å². The SMILES string of the molecule is CCc1cc(Br)cc(COC2CCCCO2)c1. The van der Waals surface area contributed by atoms with Crippen molar-refractivity contribution in [2.45, 2.75) is 45.5 Å². The Kier molecular flexibility index (Phi) is 5.01. The second kappa shape index (κ2) is 6.53. The van der Waals surface area contributed by atoms with Gasteiger partial charge in [-0.05, 0) is 48.9 Å². The Labute approximate surface area is 111 Å². The van der Waals surface area contributed by atoms with E-state index in [0.29, 0.717) is 6.61 Å². The van der Waals surface area contributed by atoms with E-state index in [9.17, 15) is 0 Å². The number of aryl methyl sites for hydroxylation is 1. The molecule has 0 N–H and O–H groups in total. The average Bonchev–Trinajstić information content (AvgIpc) is 2.37. The highest BCUT2D eigenvalue weighted by molar-refractivity contribution is 9.10. The van der Waals surface area contributed by atoms with Crippen molar-refractivity contribution in [1.29, 1.82) is 0 Å². The van der Waals surface area contributed by atoms with E-state index in [4.69, 9.17) is 9.47 Å². The molecule has 3 heteroatoms. The Morgan fingerprint density at radius 2 is 2.12 bits per heavy atom. The molecule has 1 aliphatic rings. The summed E-state index contributed by atoms with van der Waals surface area (Å²) in [6.07, 6.45) is 4.44. The molecule has 0 amide bonds.